The van der Waals surface area contributed by atoms with Crippen molar-refractivity contribution in [1.29, 1.82) is 0 Å². The van der Waals surface area contributed by atoms with Gasteiger partial charge in [0, 0.05) is 18.0 Å². The van der Waals surface area contributed by atoms with Crippen LogP contribution in [-0.4, -0.2) is 28.2 Å². The molecule has 0 spiro atoms. The summed E-state index contributed by atoms with van der Waals surface area (Å²) >= 11 is 0. The Morgan fingerprint density at radius 3 is 2.76 bits per heavy atom. The second kappa shape index (κ2) is 4.61. The van der Waals surface area contributed by atoms with E-state index in [4.69, 9.17) is 9.84 Å². The highest BCUT2D eigenvalue weighted by Gasteiger charge is 2.10. The molecule has 0 unspecified atom stereocenters. The third-order valence-corrected chi connectivity index (χ3v) is 2.24. The van der Waals surface area contributed by atoms with Gasteiger partial charge in [-0.3, -0.25) is 0 Å². The van der Waals surface area contributed by atoms with Gasteiger partial charge in [-0.05, 0) is 12.1 Å². The van der Waals surface area contributed by atoms with Crippen LogP contribution in [0, 0.1) is 0 Å². The van der Waals surface area contributed by atoms with Gasteiger partial charge in [0.05, 0.1) is 12.7 Å². The fourth-order valence-corrected chi connectivity index (χ4v) is 1.47. The van der Waals surface area contributed by atoms with Gasteiger partial charge < -0.3 is 9.84 Å². The summed E-state index contributed by atoms with van der Waals surface area (Å²) in [5.74, 6) is -0.607. The van der Waals surface area contributed by atoms with Gasteiger partial charge >= 0.3 is 5.97 Å². The van der Waals surface area contributed by atoms with Gasteiger partial charge in [0.15, 0.2) is 0 Å². The summed E-state index contributed by atoms with van der Waals surface area (Å²) in [7, 11) is 1.49. The lowest BCUT2D eigenvalue weighted by Crippen LogP contribution is -1.98. The van der Waals surface area contributed by atoms with Crippen molar-refractivity contribution >= 4 is 5.97 Å². The monoisotopic (exact) mass is 230 g/mol. The molecule has 0 saturated carbocycles. The minimum atomic E-state index is -0.977. The van der Waals surface area contributed by atoms with Crippen molar-refractivity contribution in [2.45, 2.75) is 0 Å². The minimum Gasteiger partial charge on any atom is -0.479 e. The standard InChI is InChI=1S/C12H10N2O3/c1-17-11-10(13-5-6-14-11)8-3-2-4-9(7-8)12(15)16/h2-7H,1H3,(H,15,16). The molecule has 0 aliphatic rings. The number of carboxylic acids is 1. The van der Waals surface area contributed by atoms with Crippen molar-refractivity contribution in [3.05, 3.63) is 42.2 Å². The van der Waals surface area contributed by atoms with Gasteiger partial charge in [-0.2, -0.15) is 0 Å². The Kier molecular flexibility index (Phi) is 3.00. The summed E-state index contributed by atoms with van der Waals surface area (Å²) in [6, 6.07) is 6.48. The van der Waals surface area contributed by atoms with Crippen LogP contribution in [0.2, 0.25) is 0 Å². The molecular weight excluding hydrogens is 220 g/mol. The van der Waals surface area contributed by atoms with Crippen molar-refractivity contribution < 1.29 is 14.6 Å². The number of aromatic nitrogens is 2. The Labute approximate surface area is 97.7 Å². The van der Waals surface area contributed by atoms with Crippen molar-refractivity contribution in [3.8, 4) is 17.1 Å². The first-order valence-corrected chi connectivity index (χ1v) is 4.91. The molecule has 1 N–H and O–H groups in total. The largest absolute Gasteiger partial charge is 0.479 e. The first-order chi connectivity index (χ1) is 8.22. The number of methoxy groups -OCH3 is 1. The van der Waals surface area contributed by atoms with Crippen molar-refractivity contribution in [2.24, 2.45) is 0 Å². The molecule has 1 heterocycles. The van der Waals surface area contributed by atoms with Gasteiger partial charge in [0.2, 0.25) is 5.88 Å². The molecule has 2 aromatic rings. The minimum absolute atomic E-state index is 0.204. The number of ether oxygens (including phenoxy) is 1. The Balaban J connectivity index is 2.52. The van der Waals surface area contributed by atoms with E-state index in [1.807, 2.05) is 0 Å². The van der Waals surface area contributed by atoms with Gasteiger partial charge in [-0.25, -0.2) is 14.8 Å². The van der Waals surface area contributed by atoms with Crippen molar-refractivity contribution in [1.82, 2.24) is 9.97 Å². The fourth-order valence-electron chi connectivity index (χ4n) is 1.47. The highest BCUT2D eigenvalue weighted by molar-refractivity contribution is 5.89. The van der Waals surface area contributed by atoms with Crippen LogP contribution in [0.4, 0.5) is 0 Å². The summed E-state index contributed by atoms with van der Waals surface area (Å²) < 4.78 is 5.08. The van der Waals surface area contributed by atoms with E-state index in [1.165, 1.54) is 31.6 Å². The van der Waals surface area contributed by atoms with E-state index in [1.54, 1.807) is 12.1 Å². The van der Waals surface area contributed by atoms with Crippen LogP contribution < -0.4 is 4.74 Å². The van der Waals surface area contributed by atoms with Gasteiger partial charge in [-0.1, -0.05) is 12.1 Å². The van der Waals surface area contributed by atoms with E-state index < -0.39 is 5.97 Å². The molecule has 1 aromatic heterocycles. The quantitative estimate of drug-likeness (QED) is 0.871. The van der Waals surface area contributed by atoms with E-state index in [0.29, 0.717) is 17.1 Å². The Morgan fingerprint density at radius 1 is 1.29 bits per heavy atom. The number of rotatable bonds is 3. The molecule has 0 aliphatic carbocycles. The number of hydrogen-bond acceptors (Lipinski definition) is 4. The lowest BCUT2D eigenvalue weighted by molar-refractivity contribution is 0.0697. The molecule has 0 bridgehead atoms. The normalized spacial score (nSPS) is 9.94. The molecule has 86 valence electrons. The van der Waals surface area contributed by atoms with Crippen LogP contribution >= 0.6 is 0 Å². The Bertz CT molecular complexity index is 555. The number of carbonyl (C=O) groups is 1. The third-order valence-electron chi connectivity index (χ3n) is 2.24. The molecule has 5 nitrogen and oxygen atoms in total. The van der Waals surface area contributed by atoms with E-state index in [2.05, 4.69) is 9.97 Å². The van der Waals surface area contributed by atoms with Crippen LogP contribution in [-0.2, 0) is 0 Å². The molecule has 0 atom stereocenters. The SMILES string of the molecule is COc1nccnc1-c1cccc(C(=O)O)c1. The first kappa shape index (κ1) is 11.1. The molecular formula is C12H10N2O3. The molecule has 0 saturated heterocycles. The second-order valence-electron chi connectivity index (χ2n) is 3.30. The number of aromatic carboxylic acids is 1. The van der Waals surface area contributed by atoms with E-state index >= 15 is 0 Å². The summed E-state index contributed by atoms with van der Waals surface area (Å²) in [5, 5.41) is 8.92. The molecule has 0 fully saturated rings. The van der Waals surface area contributed by atoms with Crippen LogP contribution in [0.5, 0.6) is 5.88 Å². The summed E-state index contributed by atoms with van der Waals surface area (Å²) in [4.78, 5) is 19.0. The van der Waals surface area contributed by atoms with Gasteiger partial charge in [0.25, 0.3) is 0 Å². The lowest BCUT2D eigenvalue weighted by Gasteiger charge is -2.06. The number of nitrogens with zero attached hydrogens (tertiary/aromatic N) is 2. The zero-order chi connectivity index (χ0) is 12.3. The molecule has 5 heteroatoms. The highest BCUT2D eigenvalue weighted by atomic mass is 16.5. The average Bonchev–Trinajstić information content (AvgIpc) is 2.39. The fraction of sp³-hybridized carbons (Fsp3) is 0.0833. The highest BCUT2D eigenvalue weighted by Crippen LogP contribution is 2.25. The summed E-state index contributed by atoms with van der Waals surface area (Å²) in [5.41, 5.74) is 1.39. The third kappa shape index (κ3) is 2.23. The molecule has 2 rings (SSSR count). The maximum absolute atomic E-state index is 10.9. The van der Waals surface area contributed by atoms with E-state index in [-0.39, 0.29) is 5.56 Å². The first-order valence-electron chi connectivity index (χ1n) is 4.91. The molecule has 0 amide bonds. The van der Waals surface area contributed by atoms with Crippen LogP contribution in [0.1, 0.15) is 10.4 Å². The maximum atomic E-state index is 10.9. The zero-order valence-corrected chi connectivity index (χ0v) is 9.12. The van der Waals surface area contributed by atoms with Gasteiger partial charge in [-0.15, -0.1) is 0 Å². The topological polar surface area (TPSA) is 72.3 Å². The van der Waals surface area contributed by atoms with Crippen LogP contribution in [0.15, 0.2) is 36.7 Å². The molecule has 1 aromatic carbocycles. The van der Waals surface area contributed by atoms with Gasteiger partial charge in [0.1, 0.15) is 5.69 Å². The maximum Gasteiger partial charge on any atom is 0.335 e. The van der Waals surface area contributed by atoms with Crippen molar-refractivity contribution in [3.63, 3.8) is 0 Å². The molecule has 0 aliphatic heterocycles. The molecule has 17 heavy (non-hydrogen) atoms. The van der Waals surface area contributed by atoms with Crippen molar-refractivity contribution in [2.75, 3.05) is 7.11 Å². The average molecular weight is 230 g/mol. The second-order valence-corrected chi connectivity index (χ2v) is 3.30. The molecule has 0 radical (unpaired) electrons. The van der Waals surface area contributed by atoms with E-state index in [0.717, 1.165) is 0 Å². The lowest BCUT2D eigenvalue weighted by atomic mass is 10.1. The predicted molar refractivity (Wildman–Crippen MR) is 61.0 cm³/mol. The smallest absolute Gasteiger partial charge is 0.335 e. The Morgan fingerprint density at radius 2 is 2.06 bits per heavy atom. The summed E-state index contributed by atoms with van der Waals surface area (Å²) in [6.45, 7) is 0. The number of benzene rings is 1. The predicted octanol–water partition coefficient (Wildman–Crippen LogP) is 1.85. The number of hydrogen-bond donors (Lipinski definition) is 1. The van der Waals surface area contributed by atoms with Crippen LogP contribution in [0.25, 0.3) is 11.3 Å². The van der Waals surface area contributed by atoms with E-state index in [9.17, 15) is 4.79 Å². The zero-order valence-electron chi connectivity index (χ0n) is 9.12. The van der Waals surface area contributed by atoms with Crippen LogP contribution in [0.3, 0.4) is 0 Å². The number of carboxylic acid groups (broad SMARTS) is 1. The Hall–Kier alpha value is -2.43. The summed E-state index contributed by atoms with van der Waals surface area (Å²) in [6.07, 6.45) is 3.05.